The van der Waals surface area contributed by atoms with Gasteiger partial charge in [0.15, 0.2) is 0 Å². The summed E-state index contributed by atoms with van der Waals surface area (Å²) in [4.78, 5) is 14.9. The predicted octanol–water partition coefficient (Wildman–Crippen LogP) is 4.57. The molecule has 1 saturated heterocycles. The highest BCUT2D eigenvalue weighted by molar-refractivity contribution is 8.26. The van der Waals surface area contributed by atoms with Crippen molar-refractivity contribution in [1.29, 1.82) is 0 Å². The number of hydrogen-bond acceptors (Lipinski definition) is 6. The van der Waals surface area contributed by atoms with Crippen molar-refractivity contribution >= 4 is 61.9 Å². The highest BCUT2D eigenvalue weighted by Gasteiger charge is 2.32. The molecule has 0 unspecified atom stereocenters. The molecule has 1 aliphatic rings. The molecule has 31 heavy (non-hydrogen) atoms. The Morgan fingerprint density at radius 1 is 1.23 bits per heavy atom. The molecular formula is C21H21ClN2O4S3. The molecule has 1 fully saturated rings. The molecule has 2 N–H and O–H groups in total. The minimum absolute atomic E-state index is 0.00811. The zero-order valence-corrected chi connectivity index (χ0v) is 19.9. The molecule has 2 aromatic rings. The Bertz CT molecular complexity index is 1130. The van der Waals surface area contributed by atoms with Gasteiger partial charge >= 0.3 is 0 Å². The number of nitrogens with zero attached hydrogens (tertiary/aromatic N) is 1. The van der Waals surface area contributed by atoms with Crippen molar-refractivity contribution in [3.05, 3.63) is 63.5 Å². The molecular weight excluding hydrogens is 476 g/mol. The van der Waals surface area contributed by atoms with Crippen molar-refractivity contribution in [2.24, 2.45) is 5.14 Å². The number of primary sulfonamides is 1. The average Bonchev–Trinajstić information content (AvgIpc) is 2.97. The minimum atomic E-state index is -3.77. The molecule has 0 bridgehead atoms. The summed E-state index contributed by atoms with van der Waals surface area (Å²) in [7, 11) is -3.77. The number of ether oxygens (including phenoxy) is 1. The fraction of sp³-hybridized carbons (Fsp3) is 0.238. The van der Waals surface area contributed by atoms with E-state index in [1.54, 1.807) is 36.4 Å². The first-order valence-corrected chi connectivity index (χ1v) is 12.6. The normalized spacial score (nSPS) is 15.7. The molecule has 0 radical (unpaired) electrons. The Balaban J connectivity index is 1.79. The Morgan fingerprint density at radius 3 is 2.58 bits per heavy atom. The number of thiocarbonyl (C=S) groups is 1. The van der Waals surface area contributed by atoms with Gasteiger partial charge in [-0.1, -0.05) is 61.1 Å². The summed E-state index contributed by atoms with van der Waals surface area (Å²) in [6.07, 6.45) is 3.61. The van der Waals surface area contributed by atoms with Gasteiger partial charge in [-0.05, 0) is 48.4 Å². The SMILES string of the molecule is CCCCOc1ccc(Cl)cc1CN1C(=O)/C(=C/c2ccc(S(N)(=O)=O)cc2)SC1=S. The number of amides is 1. The van der Waals surface area contributed by atoms with E-state index in [1.807, 2.05) is 0 Å². The van der Waals surface area contributed by atoms with Crippen molar-refractivity contribution < 1.29 is 17.9 Å². The molecule has 2 aromatic carbocycles. The minimum Gasteiger partial charge on any atom is -0.493 e. The fourth-order valence-corrected chi connectivity index (χ4v) is 4.82. The van der Waals surface area contributed by atoms with Gasteiger partial charge in [-0.2, -0.15) is 0 Å². The number of unbranched alkanes of at least 4 members (excludes halogenated alkanes) is 1. The summed E-state index contributed by atoms with van der Waals surface area (Å²) in [6.45, 7) is 2.91. The summed E-state index contributed by atoms with van der Waals surface area (Å²) in [5.74, 6) is 0.444. The van der Waals surface area contributed by atoms with Gasteiger partial charge in [0, 0.05) is 10.6 Å². The van der Waals surface area contributed by atoms with Crippen molar-refractivity contribution in [2.75, 3.05) is 6.61 Å². The van der Waals surface area contributed by atoms with Crippen LogP contribution in [0.15, 0.2) is 52.3 Å². The van der Waals surface area contributed by atoms with Crippen molar-refractivity contribution in [2.45, 2.75) is 31.2 Å². The quantitative estimate of drug-likeness (QED) is 0.327. The summed E-state index contributed by atoms with van der Waals surface area (Å²) in [5.41, 5.74) is 1.44. The van der Waals surface area contributed by atoms with E-state index >= 15 is 0 Å². The smallest absolute Gasteiger partial charge is 0.266 e. The maximum Gasteiger partial charge on any atom is 0.266 e. The lowest BCUT2D eigenvalue weighted by Gasteiger charge is -2.18. The van der Waals surface area contributed by atoms with Crippen molar-refractivity contribution in [3.63, 3.8) is 0 Å². The molecule has 1 amide bonds. The van der Waals surface area contributed by atoms with E-state index in [0.717, 1.165) is 18.4 Å². The lowest BCUT2D eigenvalue weighted by Crippen LogP contribution is -2.27. The first-order chi connectivity index (χ1) is 14.7. The van der Waals surface area contributed by atoms with Crippen molar-refractivity contribution in [1.82, 2.24) is 4.90 Å². The lowest BCUT2D eigenvalue weighted by molar-refractivity contribution is -0.122. The Hall–Kier alpha value is -1.91. The predicted molar refractivity (Wildman–Crippen MR) is 128 cm³/mol. The van der Waals surface area contributed by atoms with E-state index in [4.69, 9.17) is 33.7 Å². The third-order valence-electron chi connectivity index (χ3n) is 4.49. The third kappa shape index (κ3) is 6.08. The van der Waals surface area contributed by atoms with Crippen molar-refractivity contribution in [3.8, 4) is 5.75 Å². The zero-order valence-electron chi connectivity index (χ0n) is 16.7. The van der Waals surface area contributed by atoms with Crippen LogP contribution in [0.1, 0.15) is 30.9 Å². The summed E-state index contributed by atoms with van der Waals surface area (Å²) >= 11 is 12.8. The number of carbonyl (C=O) groups excluding carboxylic acids is 1. The van der Waals surface area contributed by atoms with Crippen LogP contribution in [-0.2, 0) is 21.4 Å². The van der Waals surface area contributed by atoms with Crippen LogP contribution < -0.4 is 9.88 Å². The van der Waals surface area contributed by atoms with Gasteiger partial charge in [-0.25, -0.2) is 13.6 Å². The number of nitrogens with two attached hydrogens (primary N) is 1. The van der Waals surface area contributed by atoms with E-state index in [1.165, 1.54) is 28.8 Å². The zero-order chi connectivity index (χ0) is 22.6. The molecule has 0 spiro atoms. The number of carbonyl (C=O) groups is 1. The third-order valence-corrected chi connectivity index (χ3v) is 7.03. The molecule has 10 heteroatoms. The maximum atomic E-state index is 13.0. The highest BCUT2D eigenvalue weighted by Crippen LogP contribution is 2.35. The summed E-state index contributed by atoms with van der Waals surface area (Å²) < 4.78 is 29.1. The Labute approximate surface area is 196 Å². The second-order valence-corrected chi connectivity index (χ2v) is 10.5. The topological polar surface area (TPSA) is 89.7 Å². The lowest BCUT2D eigenvalue weighted by atomic mass is 10.1. The molecule has 0 atom stereocenters. The number of rotatable bonds is 8. The van der Waals surface area contributed by atoms with Crippen LogP contribution in [-0.4, -0.2) is 30.2 Å². The molecule has 6 nitrogen and oxygen atoms in total. The fourth-order valence-electron chi connectivity index (χ4n) is 2.85. The highest BCUT2D eigenvalue weighted by atomic mass is 35.5. The van der Waals surface area contributed by atoms with E-state index < -0.39 is 10.0 Å². The van der Waals surface area contributed by atoms with Gasteiger partial charge in [0.1, 0.15) is 10.1 Å². The standard InChI is InChI=1S/C21H21ClN2O4S3/c1-2-3-10-28-18-9-6-16(22)12-15(18)13-24-20(25)19(30-21(24)29)11-14-4-7-17(8-5-14)31(23,26)27/h4-9,11-12H,2-3,10,13H2,1H3,(H2,23,26,27)/b19-11-. The van der Waals surface area contributed by atoms with Gasteiger partial charge in [0.25, 0.3) is 5.91 Å². The first kappa shape index (κ1) is 23.7. The van der Waals surface area contributed by atoms with E-state index in [-0.39, 0.29) is 17.3 Å². The number of halogens is 1. The van der Waals surface area contributed by atoms with Crippen LogP contribution in [0.3, 0.4) is 0 Å². The van der Waals surface area contributed by atoms with Crippen LogP contribution in [0, 0.1) is 0 Å². The number of sulfonamides is 1. The van der Waals surface area contributed by atoms with E-state index in [2.05, 4.69) is 6.92 Å². The van der Waals surface area contributed by atoms with Crippen LogP contribution >= 0.6 is 35.6 Å². The van der Waals surface area contributed by atoms with Gasteiger partial charge in [-0.15, -0.1) is 0 Å². The second-order valence-electron chi connectivity index (χ2n) is 6.84. The largest absolute Gasteiger partial charge is 0.493 e. The summed E-state index contributed by atoms with van der Waals surface area (Å²) in [5, 5.41) is 5.67. The molecule has 1 heterocycles. The molecule has 1 aliphatic heterocycles. The molecule has 0 saturated carbocycles. The van der Waals surface area contributed by atoms with E-state index in [9.17, 15) is 13.2 Å². The van der Waals surface area contributed by atoms with Crippen LogP contribution in [0.2, 0.25) is 5.02 Å². The van der Waals surface area contributed by atoms with Crippen LogP contribution in [0.25, 0.3) is 6.08 Å². The molecule has 3 rings (SSSR count). The van der Waals surface area contributed by atoms with Gasteiger partial charge in [-0.3, -0.25) is 9.69 Å². The molecule has 0 aliphatic carbocycles. The van der Waals surface area contributed by atoms with E-state index in [0.29, 0.717) is 32.2 Å². The Morgan fingerprint density at radius 2 is 1.94 bits per heavy atom. The second kappa shape index (κ2) is 10.1. The molecule has 0 aromatic heterocycles. The van der Waals surface area contributed by atoms with Gasteiger partial charge in [0.2, 0.25) is 10.0 Å². The summed E-state index contributed by atoms with van der Waals surface area (Å²) in [6, 6.07) is 11.3. The monoisotopic (exact) mass is 496 g/mol. The Kier molecular flexibility index (Phi) is 7.77. The van der Waals surface area contributed by atoms with Crippen LogP contribution in [0.5, 0.6) is 5.75 Å². The first-order valence-electron chi connectivity index (χ1n) is 9.48. The number of thioether (sulfide) groups is 1. The van der Waals surface area contributed by atoms with Gasteiger partial charge < -0.3 is 4.74 Å². The average molecular weight is 497 g/mol. The molecule has 164 valence electrons. The maximum absolute atomic E-state index is 13.0. The number of hydrogen-bond donors (Lipinski definition) is 1. The van der Waals surface area contributed by atoms with Gasteiger partial charge in [0.05, 0.1) is 23.0 Å². The number of benzene rings is 2. The van der Waals surface area contributed by atoms with Crippen LogP contribution in [0.4, 0.5) is 0 Å².